The van der Waals surface area contributed by atoms with Crippen LogP contribution in [-0.4, -0.2) is 23.9 Å². The van der Waals surface area contributed by atoms with Gasteiger partial charge in [-0.3, -0.25) is 14.9 Å². The molecule has 0 saturated heterocycles. The van der Waals surface area contributed by atoms with E-state index in [9.17, 15) is 14.9 Å². The van der Waals surface area contributed by atoms with Gasteiger partial charge < -0.3 is 11.1 Å². The lowest BCUT2D eigenvalue weighted by molar-refractivity contribution is -0.384. The second kappa shape index (κ2) is 7.62. The second-order valence-corrected chi connectivity index (χ2v) is 3.71. The first-order valence-corrected chi connectivity index (χ1v) is 5.29. The molecule has 18 heavy (non-hydrogen) atoms. The van der Waals surface area contributed by atoms with Crippen molar-refractivity contribution in [2.24, 2.45) is 5.73 Å². The van der Waals surface area contributed by atoms with Crippen LogP contribution in [0.25, 0.3) is 0 Å². The number of halogens is 1. The Balaban J connectivity index is 0.00000289. The van der Waals surface area contributed by atoms with Crippen molar-refractivity contribution in [1.29, 1.82) is 0 Å². The van der Waals surface area contributed by atoms with Gasteiger partial charge in [0.2, 0.25) is 0 Å². The Labute approximate surface area is 111 Å². The molecular formula is C11H16ClN3O3. The molecule has 0 fully saturated rings. The van der Waals surface area contributed by atoms with Crippen LogP contribution in [0.5, 0.6) is 0 Å². The van der Waals surface area contributed by atoms with Gasteiger partial charge >= 0.3 is 0 Å². The lowest BCUT2D eigenvalue weighted by Gasteiger charge is -2.05. The minimum Gasteiger partial charge on any atom is -0.352 e. The van der Waals surface area contributed by atoms with Crippen LogP contribution in [0.1, 0.15) is 22.3 Å². The van der Waals surface area contributed by atoms with E-state index in [0.717, 1.165) is 0 Å². The molecule has 0 radical (unpaired) electrons. The number of carbonyl (C=O) groups excluding carboxylic acids is 1. The van der Waals surface area contributed by atoms with E-state index in [-0.39, 0.29) is 24.0 Å². The van der Waals surface area contributed by atoms with Gasteiger partial charge in [0, 0.05) is 24.2 Å². The van der Waals surface area contributed by atoms with Crippen LogP contribution in [0.2, 0.25) is 0 Å². The van der Waals surface area contributed by atoms with Crippen molar-refractivity contribution in [2.45, 2.75) is 13.3 Å². The van der Waals surface area contributed by atoms with E-state index in [2.05, 4.69) is 5.32 Å². The Morgan fingerprint density at radius 3 is 2.67 bits per heavy atom. The fourth-order valence-corrected chi connectivity index (χ4v) is 1.41. The first-order valence-electron chi connectivity index (χ1n) is 5.29. The summed E-state index contributed by atoms with van der Waals surface area (Å²) >= 11 is 0. The summed E-state index contributed by atoms with van der Waals surface area (Å²) in [5.41, 5.74) is 6.21. The van der Waals surface area contributed by atoms with Crippen LogP contribution in [0.15, 0.2) is 18.2 Å². The number of nitro benzene ring substituents is 1. The molecule has 0 atom stereocenters. The number of rotatable bonds is 5. The summed E-state index contributed by atoms with van der Waals surface area (Å²) in [4.78, 5) is 21.8. The zero-order chi connectivity index (χ0) is 12.8. The Bertz CT molecular complexity index is 438. The van der Waals surface area contributed by atoms with Crippen molar-refractivity contribution in [3.8, 4) is 0 Å². The number of non-ortho nitro benzene ring substituents is 1. The fourth-order valence-electron chi connectivity index (χ4n) is 1.41. The van der Waals surface area contributed by atoms with Gasteiger partial charge in [-0.25, -0.2) is 0 Å². The van der Waals surface area contributed by atoms with Gasteiger partial charge in [0.1, 0.15) is 0 Å². The molecule has 6 nitrogen and oxygen atoms in total. The maximum atomic E-state index is 11.7. The Morgan fingerprint density at radius 1 is 1.44 bits per heavy atom. The van der Waals surface area contributed by atoms with Crippen LogP contribution in [0.3, 0.4) is 0 Å². The molecule has 1 aromatic rings. The normalized spacial score (nSPS) is 9.44. The number of hydrogen-bond acceptors (Lipinski definition) is 4. The van der Waals surface area contributed by atoms with E-state index in [1.165, 1.54) is 12.1 Å². The van der Waals surface area contributed by atoms with E-state index in [1.54, 1.807) is 13.0 Å². The fraction of sp³-hybridized carbons (Fsp3) is 0.364. The number of nitrogens with zero attached hydrogens (tertiary/aromatic N) is 1. The first-order chi connectivity index (χ1) is 8.04. The highest BCUT2D eigenvalue weighted by atomic mass is 35.5. The number of benzene rings is 1. The van der Waals surface area contributed by atoms with Crippen LogP contribution in [0, 0.1) is 17.0 Å². The molecule has 1 amide bonds. The average Bonchev–Trinajstić information content (AvgIpc) is 2.28. The average molecular weight is 274 g/mol. The summed E-state index contributed by atoms with van der Waals surface area (Å²) < 4.78 is 0. The summed E-state index contributed by atoms with van der Waals surface area (Å²) in [6.07, 6.45) is 0.680. The molecule has 0 saturated carbocycles. The second-order valence-electron chi connectivity index (χ2n) is 3.71. The van der Waals surface area contributed by atoms with E-state index in [1.807, 2.05) is 0 Å². The molecule has 7 heteroatoms. The van der Waals surface area contributed by atoms with E-state index in [4.69, 9.17) is 5.73 Å². The first kappa shape index (κ1) is 16.3. The molecule has 0 aliphatic carbocycles. The van der Waals surface area contributed by atoms with Crippen molar-refractivity contribution >= 4 is 24.0 Å². The number of hydrogen-bond donors (Lipinski definition) is 2. The molecule has 0 aromatic heterocycles. The van der Waals surface area contributed by atoms with Gasteiger partial charge in [-0.15, -0.1) is 12.4 Å². The van der Waals surface area contributed by atoms with Crippen molar-refractivity contribution in [3.63, 3.8) is 0 Å². The Kier molecular flexibility index (Phi) is 6.92. The van der Waals surface area contributed by atoms with Gasteiger partial charge in [0.25, 0.3) is 11.6 Å². The van der Waals surface area contributed by atoms with Crippen molar-refractivity contribution in [1.82, 2.24) is 5.32 Å². The molecule has 0 unspecified atom stereocenters. The van der Waals surface area contributed by atoms with E-state index in [0.29, 0.717) is 30.6 Å². The lowest BCUT2D eigenvalue weighted by Crippen LogP contribution is -2.26. The van der Waals surface area contributed by atoms with Gasteiger partial charge in [-0.2, -0.15) is 0 Å². The van der Waals surface area contributed by atoms with Crippen molar-refractivity contribution in [2.75, 3.05) is 13.1 Å². The third-order valence-electron chi connectivity index (χ3n) is 2.20. The summed E-state index contributed by atoms with van der Waals surface area (Å²) in [6.45, 7) is 2.68. The summed E-state index contributed by atoms with van der Waals surface area (Å²) in [7, 11) is 0. The smallest absolute Gasteiger partial charge is 0.270 e. The topological polar surface area (TPSA) is 98.3 Å². The molecule has 0 spiro atoms. The van der Waals surface area contributed by atoms with Gasteiger partial charge in [-0.05, 0) is 31.5 Å². The molecule has 0 bridgehead atoms. The van der Waals surface area contributed by atoms with Crippen LogP contribution in [-0.2, 0) is 0 Å². The summed E-state index contributed by atoms with van der Waals surface area (Å²) in [5.74, 6) is -0.315. The number of carbonyl (C=O) groups is 1. The predicted molar refractivity (Wildman–Crippen MR) is 71.1 cm³/mol. The maximum absolute atomic E-state index is 11.7. The summed E-state index contributed by atoms with van der Waals surface area (Å²) in [5, 5.41) is 13.3. The molecule has 3 N–H and O–H groups in total. The molecule has 1 aromatic carbocycles. The highest BCUT2D eigenvalue weighted by Gasteiger charge is 2.12. The van der Waals surface area contributed by atoms with Gasteiger partial charge in [0.15, 0.2) is 0 Å². The number of aryl methyl sites for hydroxylation is 1. The summed E-state index contributed by atoms with van der Waals surface area (Å²) in [6, 6.07) is 4.31. The molecule has 1 rings (SSSR count). The van der Waals surface area contributed by atoms with Crippen LogP contribution >= 0.6 is 12.4 Å². The molecule has 0 aliphatic heterocycles. The Hall–Kier alpha value is -1.66. The SMILES string of the molecule is Cc1cc(C(=O)NCCCN)cc([N+](=O)[O-])c1.Cl. The zero-order valence-corrected chi connectivity index (χ0v) is 10.8. The predicted octanol–water partition coefficient (Wildman–Crippen LogP) is 1.40. The quantitative estimate of drug-likeness (QED) is 0.481. The van der Waals surface area contributed by atoms with E-state index < -0.39 is 4.92 Å². The van der Waals surface area contributed by atoms with Crippen LogP contribution in [0.4, 0.5) is 5.69 Å². The highest BCUT2D eigenvalue weighted by molar-refractivity contribution is 5.95. The lowest BCUT2D eigenvalue weighted by atomic mass is 10.1. The number of nitrogens with one attached hydrogen (secondary N) is 1. The minimum absolute atomic E-state index is 0. The molecule has 100 valence electrons. The molecule has 0 heterocycles. The van der Waals surface area contributed by atoms with Crippen molar-refractivity contribution in [3.05, 3.63) is 39.4 Å². The maximum Gasteiger partial charge on any atom is 0.270 e. The largest absolute Gasteiger partial charge is 0.352 e. The molecule has 0 aliphatic rings. The Morgan fingerprint density at radius 2 is 2.11 bits per heavy atom. The van der Waals surface area contributed by atoms with Gasteiger partial charge in [0.05, 0.1) is 4.92 Å². The third-order valence-corrected chi connectivity index (χ3v) is 2.20. The number of nitro groups is 1. The van der Waals surface area contributed by atoms with Crippen molar-refractivity contribution < 1.29 is 9.72 Å². The standard InChI is InChI=1S/C11H15N3O3.ClH/c1-8-5-9(7-10(6-8)14(16)17)11(15)13-4-2-3-12;/h5-7H,2-4,12H2,1H3,(H,13,15);1H. The third kappa shape index (κ3) is 4.68. The highest BCUT2D eigenvalue weighted by Crippen LogP contribution is 2.16. The number of nitrogens with two attached hydrogens (primary N) is 1. The minimum atomic E-state index is -0.510. The van der Waals surface area contributed by atoms with Crippen LogP contribution < -0.4 is 11.1 Å². The zero-order valence-electron chi connectivity index (χ0n) is 10.0. The number of amides is 1. The molecular weight excluding hydrogens is 258 g/mol. The van der Waals surface area contributed by atoms with Gasteiger partial charge in [-0.1, -0.05) is 0 Å². The van der Waals surface area contributed by atoms with E-state index >= 15 is 0 Å². The monoisotopic (exact) mass is 273 g/mol.